The van der Waals surface area contributed by atoms with Crippen LogP contribution in [-0.2, 0) is 15.6 Å². The van der Waals surface area contributed by atoms with Gasteiger partial charge in [-0.25, -0.2) is 0 Å². The standard InChI is InChI=1S/C14H18N2O2S/c1-11(2)10-19(18)7-6-14(17)16-13-5-3-4-12(8-13)9-15/h3-5,8,11H,6-7,10H2,1-2H3,(H,16,17). The summed E-state index contributed by atoms with van der Waals surface area (Å²) in [6, 6.07) is 8.74. The molecule has 0 saturated carbocycles. The molecule has 1 aromatic rings. The average molecular weight is 278 g/mol. The smallest absolute Gasteiger partial charge is 0.225 e. The molecule has 0 spiro atoms. The molecule has 0 fully saturated rings. The van der Waals surface area contributed by atoms with Gasteiger partial charge in [-0.2, -0.15) is 5.26 Å². The fraction of sp³-hybridized carbons (Fsp3) is 0.429. The second-order valence-corrected chi connectivity index (χ2v) is 6.32. The third kappa shape index (κ3) is 6.16. The Balaban J connectivity index is 2.43. The van der Waals surface area contributed by atoms with Gasteiger partial charge >= 0.3 is 0 Å². The lowest BCUT2D eigenvalue weighted by atomic mass is 10.2. The molecule has 1 aromatic carbocycles. The van der Waals surface area contributed by atoms with Crippen molar-refractivity contribution in [2.75, 3.05) is 16.8 Å². The van der Waals surface area contributed by atoms with Crippen molar-refractivity contribution >= 4 is 22.4 Å². The Morgan fingerprint density at radius 1 is 1.47 bits per heavy atom. The highest BCUT2D eigenvalue weighted by molar-refractivity contribution is 7.85. The van der Waals surface area contributed by atoms with Gasteiger partial charge in [0.25, 0.3) is 0 Å². The summed E-state index contributed by atoms with van der Waals surface area (Å²) < 4.78 is 11.6. The Kier molecular flexibility index (Phi) is 6.23. The number of amides is 1. The zero-order valence-electron chi connectivity index (χ0n) is 11.2. The first-order chi connectivity index (χ1) is 9.01. The molecule has 1 unspecified atom stereocenters. The van der Waals surface area contributed by atoms with Gasteiger partial charge in [-0.15, -0.1) is 0 Å². The summed E-state index contributed by atoms with van der Waals surface area (Å²) in [5.41, 5.74) is 1.10. The van der Waals surface area contributed by atoms with Crippen LogP contribution in [0.25, 0.3) is 0 Å². The van der Waals surface area contributed by atoms with Gasteiger partial charge in [-0.3, -0.25) is 9.00 Å². The van der Waals surface area contributed by atoms with Crippen molar-refractivity contribution in [1.82, 2.24) is 0 Å². The van der Waals surface area contributed by atoms with E-state index in [1.165, 1.54) is 0 Å². The molecule has 0 radical (unpaired) electrons. The SMILES string of the molecule is CC(C)CS(=O)CCC(=O)Nc1cccc(C#N)c1. The molecule has 0 aliphatic carbocycles. The Labute approximate surface area is 116 Å². The molecule has 0 saturated heterocycles. The lowest BCUT2D eigenvalue weighted by molar-refractivity contribution is -0.115. The van der Waals surface area contributed by atoms with Crippen LogP contribution in [0.5, 0.6) is 0 Å². The maximum Gasteiger partial charge on any atom is 0.225 e. The van der Waals surface area contributed by atoms with E-state index >= 15 is 0 Å². The summed E-state index contributed by atoms with van der Waals surface area (Å²) in [5, 5.41) is 11.5. The van der Waals surface area contributed by atoms with E-state index < -0.39 is 10.8 Å². The highest BCUT2D eigenvalue weighted by Crippen LogP contribution is 2.10. The summed E-state index contributed by atoms with van der Waals surface area (Å²) in [6.07, 6.45) is 0.232. The van der Waals surface area contributed by atoms with Crippen LogP contribution in [0.3, 0.4) is 0 Å². The van der Waals surface area contributed by atoms with Crippen molar-refractivity contribution in [3.8, 4) is 6.07 Å². The van der Waals surface area contributed by atoms with E-state index in [9.17, 15) is 9.00 Å². The Bertz CT molecular complexity index is 506. The molecule has 1 rings (SSSR count). The molecule has 1 atom stereocenters. The molecule has 0 heterocycles. The molecule has 0 aliphatic rings. The fourth-order valence-corrected chi connectivity index (χ4v) is 2.87. The molecule has 5 heteroatoms. The van der Waals surface area contributed by atoms with Gasteiger partial charge in [0.1, 0.15) is 0 Å². The first-order valence-corrected chi connectivity index (χ1v) is 7.65. The number of hydrogen-bond donors (Lipinski definition) is 1. The van der Waals surface area contributed by atoms with Crippen LogP contribution >= 0.6 is 0 Å². The minimum atomic E-state index is -0.948. The zero-order valence-corrected chi connectivity index (χ0v) is 12.0. The van der Waals surface area contributed by atoms with Crippen molar-refractivity contribution in [3.05, 3.63) is 29.8 Å². The van der Waals surface area contributed by atoms with Crippen molar-refractivity contribution in [2.45, 2.75) is 20.3 Å². The molecular formula is C14H18N2O2S. The molecule has 0 aliphatic heterocycles. The van der Waals surface area contributed by atoms with Crippen molar-refractivity contribution in [1.29, 1.82) is 5.26 Å². The first kappa shape index (κ1) is 15.4. The molecule has 102 valence electrons. The van der Waals surface area contributed by atoms with Gasteiger partial charge in [0.05, 0.1) is 11.6 Å². The van der Waals surface area contributed by atoms with Gasteiger partial charge < -0.3 is 5.32 Å². The maximum absolute atomic E-state index is 11.7. The molecule has 4 nitrogen and oxygen atoms in total. The number of nitrogens with one attached hydrogen (secondary N) is 1. The zero-order chi connectivity index (χ0) is 14.3. The summed E-state index contributed by atoms with van der Waals surface area (Å²) in [7, 11) is -0.948. The predicted octanol–water partition coefficient (Wildman–Crippen LogP) is 2.29. The van der Waals surface area contributed by atoms with Crippen LogP contribution < -0.4 is 5.32 Å². The van der Waals surface area contributed by atoms with Gasteiger partial charge in [-0.1, -0.05) is 19.9 Å². The predicted molar refractivity (Wildman–Crippen MR) is 77.1 cm³/mol. The molecule has 0 aromatic heterocycles. The van der Waals surface area contributed by atoms with Crippen LogP contribution in [0, 0.1) is 17.2 Å². The number of carbonyl (C=O) groups is 1. The first-order valence-electron chi connectivity index (χ1n) is 6.16. The van der Waals surface area contributed by atoms with Crippen molar-refractivity contribution < 1.29 is 9.00 Å². The van der Waals surface area contributed by atoms with E-state index in [-0.39, 0.29) is 12.3 Å². The van der Waals surface area contributed by atoms with E-state index in [0.717, 1.165) is 0 Å². The Morgan fingerprint density at radius 2 is 2.21 bits per heavy atom. The van der Waals surface area contributed by atoms with Gasteiger partial charge in [-0.05, 0) is 24.1 Å². The fourth-order valence-electron chi connectivity index (χ4n) is 1.55. The number of hydrogen-bond acceptors (Lipinski definition) is 3. The second kappa shape index (κ2) is 7.70. The largest absolute Gasteiger partial charge is 0.326 e. The van der Waals surface area contributed by atoms with Gasteiger partial charge in [0.15, 0.2) is 0 Å². The van der Waals surface area contributed by atoms with Crippen LogP contribution in [0.15, 0.2) is 24.3 Å². The van der Waals surface area contributed by atoms with Crippen LogP contribution in [0.4, 0.5) is 5.69 Å². The normalized spacial score (nSPS) is 11.9. The topological polar surface area (TPSA) is 70.0 Å². The van der Waals surface area contributed by atoms with Crippen LogP contribution in [0.2, 0.25) is 0 Å². The van der Waals surface area contributed by atoms with E-state index in [1.807, 2.05) is 19.9 Å². The third-order valence-electron chi connectivity index (χ3n) is 2.35. The molecule has 1 N–H and O–H groups in total. The van der Waals surface area contributed by atoms with E-state index in [2.05, 4.69) is 5.32 Å². The van der Waals surface area contributed by atoms with Gasteiger partial charge in [0.2, 0.25) is 5.91 Å². The minimum Gasteiger partial charge on any atom is -0.326 e. The summed E-state index contributed by atoms with van der Waals surface area (Å²) in [6.45, 7) is 4.01. The lowest BCUT2D eigenvalue weighted by Gasteiger charge is -2.06. The Hall–Kier alpha value is -1.67. The van der Waals surface area contributed by atoms with Crippen molar-refractivity contribution in [2.24, 2.45) is 5.92 Å². The highest BCUT2D eigenvalue weighted by atomic mass is 32.2. The monoisotopic (exact) mass is 278 g/mol. The number of rotatable bonds is 6. The second-order valence-electron chi connectivity index (χ2n) is 4.70. The van der Waals surface area contributed by atoms with Crippen LogP contribution in [0.1, 0.15) is 25.8 Å². The quantitative estimate of drug-likeness (QED) is 0.868. The maximum atomic E-state index is 11.7. The molecule has 0 bridgehead atoms. The van der Waals surface area contributed by atoms with Crippen LogP contribution in [-0.4, -0.2) is 21.6 Å². The van der Waals surface area contributed by atoms with E-state index in [1.54, 1.807) is 24.3 Å². The lowest BCUT2D eigenvalue weighted by Crippen LogP contribution is -2.17. The Morgan fingerprint density at radius 3 is 2.84 bits per heavy atom. The van der Waals surface area contributed by atoms with E-state index in [0.29, 0.717) is 28.7 Å². The number of anilines is 1. The average Bonchev–Trinajstić information content (AvgIpc) is 2.36. The van der Waals surface area contributed by atoms with E-state index in [4.69, 9.17) is 5.26 Å². The highest BCUT2D eigenvalue weighted by Gasteiger charge is 2.08. The minimum absolute atomic E-state index is 0.174. The third-order valence-corrected chi connectivity index (χ3v) is 4.05. The molecule has 1 amide bonds. The number of carbonyl (C=O) groups excluding carboxylic acids is 1. The van der Waals surface area contributed by atoms with Gasteiger partial charge in [0, 0.05) is 34.4 Å². The number of benzene rings is 1. The summed E-state index contributed by atoms with van der Waals surface area (Å²) >= 11 is 0. The number of nitrogens with zero attached hydrogens (tertiary/aromatic N) is 1. The summed E-state index contributed by atoms with van der Waals surface area (Å²) in [4.78, 5) is 11.7. The number of nitriles is 1. The van der Waals surface area contributed by atoms with Crippen molar-refractivity contribution in [3.63, 3.8) is 0 Å². The molecular weight excluding hydrogens is 260 g/mol. The molecule has 19 heavy (non-hydrogen) atoms. The summed E-state index contributed by atoms with van der Waals surface area (Å²) in [5.74, 6) is 1.20.